The Kier molecular flexibility index (Phi) is 4.65. The van der Waals surface area contributed by atoms with E-state index in [2.05, 4.69) is 10.5 Å². The molecule has 0 saturated carbocycles. The lowest BCUT2D eigenvalue weighted by Gasteiger charge is -2.04. The van der Waals surface area contributed by atoms with Crippen molar-refractivity contribution in [1.82, 2.24) is 0 Å². The van der Waals surface area contributed by atoms with E-state index in [1.807, 2.05) is 13.8 Å². The summed E-state index contributed by atoms with van der Waals surface area (Å²) in [5.41, 5.74) is 4.67. The number of benzene rings is 1. The number of anilines is 1. The van der Waals surface area contributed by atoms with Gasteiger partial charge in [-0.1, -0.05) is 13.8 Å². The SMILES string of the molecule is CCC(CC)=NNc1ccc(S(N)(=O)=O)cc1. The number of nitrogens with one attached hydrogen (secondary N) is 1. The van der Waals surface area contributed by atoms with Crippen molar-refractivity contribution < 1.29 is 8.42 Å². The standard InChI is InChI=1S/C11H17N3O2S/c1-3-9(4-2)13-14-10-5-7-11(8-6-10)17(12,15)16/h5-8,14H,3-4H2,1-2H3,(H2,12,15,16). The maximum atomic E-state index is 11.0. The van der Waals surface area contributed by atoms with E-state index in [0.717, 1.165) is 24.2 Å². The van der Waals surface area contributed by atoms with Crippen molar-refractivity contribution in [2.75, 3.05) is 5.43 Å². The smallest absolute Gasteiger partial charge is 0.238 e. The van der Waals surface area contributed by atoms with Crippen molar-refractivity contribution in [3.05, 3.63) is 24.3 Å². The van der Waals surface area contributed by atoms with Gasteiger partial charge in [0.1, 0.15) is 0 Å². The van der Waals surface area contributed by atoms with Crippen LogP contribution in [0.1, 0.15) is 26.7 Å². The summed E-state index contributed by atoms with van der Waals surface area (Å²) in [4.78, 5) is 0.0956. The molecule has 3 N–H and O–H groups in total. The third-order valence-electron chi connectivity index (χ3n) is 2.34. The zero-order chi connectivity index (χ0) is 12.9. The second kappa shape index (κ2) is 5.79. The molecule has 0 heterocycles. The highest BCUT2D eigenvalue weighted by molar-refractivity contribution is 7.89. The molecule has 5 nitrogen and oxygen atoms in total. The van der Waals surface area contributed by atoms with Crippen LogP contribution in [0.4, 0.5) is 5.69 Å². The third kappa shape index (κ3) is 4.16. The Hall–Kier alpha value is -1.40. The van der Waals surface area contributed by atoms with E-state index >= 15 is 0 Å². The molecule has 1 aromatic rings. The van der Waals surface area contributed by atoms with E-state index in [9.17, 15) is 8.42 Å². The molecule has 17 heavy (non-hydrogen) atoms. The zero-order valence-electron chi connectivity index (χ0n) is 9.97. The van der Waals surface area contributed by atoms with Crippen LogP contribution >= 0.6 is 0 Å². The zero-order valence-corrected chi connectivity index (χ0v) is 10.8. The predicted octanol–water partition coefficient (Wildman–Crippen LogP) is 1.92. The lowest BCUT2D eigenvalue weighted by molar-refractivity contribution is 0.598. The van der Waals surface area contributed by atoms with Crippen LogP contribution in [-0.2, 0) is 10.0 Å². The van der Waals surface area contributed by atoms with Gasteiger partial charge in [0.2, 0.25) is 10.0 Å². The van der Waals surface area contributed by atoms with Crippen molar-refractivity contribution in [3.63, 3.8) is 0 Å². The average Bonchev–Trinajstić information content (AvgIpc) is 2.30. The van der Waals surface area contributed by atoms with Gasteiger partial charge in [-0.05, 0) is 37.1 Å². The molecule has 1 aromatic carbocycles. The molecule has 0 fully saturated rings. The van der Waals surface area contributed by atoms with Gasteiger partial charge in [0, 0.05) is 5.71 Å². The van der Waals surface area contributed by atoms with Crippen LogP contribution in [0.15, 0.2) is 34.3 Å². The lowest BCUT2D eigenvalue weighted by atomic mass is 10.2. The number of hydrazone groups is 1. The Morgan fingerprint density at radius 1 is 1.24 bits per heavy atom. The number of hydrogen-bond donors (Lipinski definition) is 2. The molecule has 94 valence electrons. The fraction of sp³-hybridized carbons (Fsp3) is 0.364. The van der Waals surface area contributed by atoms with Crippen LogP contribution in [-0.4, -0.2) is 14.1 Å². The fourth-order valence-electron chi connectivity index (χ4n) is 1.27. The molecule has 0 spiro atoms. The molecule has 0 aromatic heterocycles. The van der Waals surface area contributed by atoms with Crippen LogP contribution < -0.4 is 10.6 Å². The Morgan fingerprint density at radius 3 is 2.18 bits per heavy atom. The van der Waals surface area contributed by atoms with Crippen LogP contribution in [0.3, 0.4) is 0 Å². The van der Waals surface area contributed by atoms with Gasteiger partial charge < -0.3 is 0 Å². The van der Waals surface area contributed by atoms with Crippen molar-refractivity contribution >= 4 is 21.4 Å². The summed E-state index contributed by atoms with van der Waals surface area (Å²) in [7, 11) is -3.62. The normalized spacial score (nSPS) is 11.0. The summed E-state index contributed by atoms with van der Waals surface area (Å²) in [5.74, 6) is 0. The Balaban J connectivity index is 2.79. The summed E-state index contributed by atoms with van der Waals surface area (Å²) >= 11 is 0. The van der Waals surface area contributed by atoms with E-state index in [1.54, 1.807) is 12.1 Å². The van der Waals surface area contributed by atoms with Gasteiger partial charge in [-0.25, -0.2) is 13.6 Å². The quantitative estimate of drug-likeness (QED) is 0.622. The maximum Gasteiger partial charge on any atom is 0.238 e. The molecule has 0 bridgehead atoms. The minimum Gasteiger partial charge on any atom is -0.279 e. The second-order valence-corrected chi connectivity index (χ2v) is 5.13. The Bertz CT molecular complexity index is 486. The van der Waals surface area contributed by atoms with Crippen LogP contribution in [0, 0.1) is 0 Å². The van der Waals surface area contributed by atoms with Gasteiger partial charge in [-0.2, -0.15) is 5.10 Å². The van der Waals surface area contributed by atoms with Gasteiger partial charge >= 0.3 is 0 Å². The minimum absolute atomic E-state index is 0.0956. The largest absolute Gasteiger partial charge is 0.279 e. The number of sulfonamides is 1. The monoisotopic (exact) mass is 255 g/mol. The molecule has 0 saturated heterocycles. The summed E-state index contributed by atoms with van der Waals surface area (Å²) in [6, 6.07) is 6.16. The van der Waals surface area contributed by atoms with E-state index in [4.69, 9.17) is 5.14 Å². The second-order valence-electron chi connectivity index (χ2n) is 3.57. The Labute approximate surface area is 102 Å². The first-order valence-corrected chi connectivity index (χ1v) is 6.96. The highest BCUT2D eigenvalue weighted by Gasteiger charge is 2.06. The first kappa shape index (κ1) is 13.7. The molecule has 0 unspecified atom stereocenters. The maximum absolute atomic E-state index is 11.0. The molecule has 0 radical (unpaired) electrons. The highest BCUT2D eigenvalue weighted by atomic mass is 32.2. The van der Waals surface area contributed by atoms with Gasteiger partial charge in [0.05, 0.1) is 10.6 Å². The van der Waals surface area contributed by atoms with Gasteiger partial charge in [-0.3, -0.25) is 5.43 Å². The van der Waals surface area contributed by atoms with Gasteiger partial charge in [0.15, 0.2) is 0 Å². The summed E-state index contributed by atoms with van der Waals surface area (Å²) < 4.78 is 22.1. The Morgan fingerprint density at radius 2 is 1.76 bits per heavy atom. The molecular formula is C11H17N3O2S. The van der Waals surface area contributed by atoms with Crippen molar-refractivity contribution in [2.45, 2.75) is 31.6 Å². The average molecular weight is 255 g/mol. The number of nitrogens with zero attached hydrogens (tertiary/aromatic N) is 1. The molecule has 0 aliphatic heterocycles. The number of primary sulfonamides is 1. The summed E-state index contributed by atoms with van der Waals surface area (Å²) in [5, 5.41) is 9.21. The molecule has 0 aliphatic carbocycles. The predicted molar refractivity (Wildman–Crippen MR) is 69.5 cm³/mol. The first-order chi connectivity index (χ1) is 7.97. The molecule has 0 atom stereocenters. The van der Waals surface area contributed by atoms with Gasteiger partial charge in [0.25, 0.3) is 0 Å². The van der Waals surface area contributed by atoms with Gasteiger partial charge in [-0.15, -0.1) is 0 Å². The number of hydrogen-bond acceptors (Lipinski definition) is 4. The van der Waals surface area contributed by atoms with E-state index < -0.39 is 10.0 Å². The number of nitrogens with two attached hydrogens (primary N) is 1. The molecule has 0 aliphatic rings. The van der Waals surface area contributed by atoms with E-state index in [0.29, 0.717) is 0 Å². The van der Waals surface area contributed by atoms with Crippen LogP contribution in [0.2, 0.25) is 0 Å². The third-order valence-corrected chi connectivity index (χ3v) is 3.27. The number of rotatable bonds is 5. The van der Waals surface area contributed by atoms with Crippen LogP contribution in [0.5, 0.6) is 0 Å². The minimum atomic E-state index is -3.62. The van der Waals surface area contributed by atoms with E-state index in [1.165, 1.54) is 12.1 Å². The van der Waals surface area contributed by atoms with Crippen molar-refractivity contribution in [1.29, 1.82) is 0 Å². The summed E-state index contributed by atoms with van der Waals surface area (Å²) in [6.07, 6.45) is 1.78. The molecule has 0 amide bonds. The van der Waals surface area contributed by atoms with E-state index in [-0.39, 0.29) is 4.90 Å². The molecule has 1 rings (SSSR count). The molecule has 6 heteroatoms. The first-order valence-electron chi connectivity index (χ1n) is 5.41. The fourth-order valence-corrected chi connectivity index (χ4v) is 1.79. The highest BCUT2D eigenvalue weighted by Crippen LogP contribution is 2.12. The topological polar surface area (TPSA) is 84.5 Å². The lowest BCUT2D eigenvalue weighted by Crippen LogP contribution is -2.11. The van der Waals surface area contributed by atoms with Crippen molar-refractivity contribution in [3.8, 4) is 0 Å². The van der Waals surface area contributed by atoms with Crippen molar-refractivity contribution in [2.24, 2.45) is 10.2 Å². The summed E-state index contributed by atoms with van der Waals surface area (Å²) in [6.45, 7) is 4.07. The molecular weight excluding hydrogens is 238 g/mol. The van der Waals surface area contributed by atoms with Crippen LogP contribution in [0.25, 0.3) is 0 Å².